The molecule has 2 rings (SSSR count). The van der Waals surface area contributed by atoms with E-state index in [2.05, 4.69) is 17.4 Å². The van der Waals surface area contributed by atoms with E-state index in [0.29, 0.717) is 11.3 Å². The van der Waals surface area contributed by atoms with E-state index in [1.54, 1.807) is 0 Å². The number of rotatable bonds is 6. The Morgan fingerprint density at radius 3 is 2.83 bits per heavy atom. The third-order valence-corrected chi connectivity index (χ3v) is 5.92. The highest BCUT2D eigenvalue weighted by Crippen LogP contribution is 2.32. The number of carbonyl (C=O) groups excluding carboxylic acids is 1. The van der Waals surface area contributed by atoms with E-state index in [4.69, 9.17) is 4.52 Å². The zero-order valence-electron chi connectivity index (χ0n) is 14.9. The Morgan fingerprint density at radius 1 is 1.48 bits per heavy atom. The Hall–Kier alpha value is -1.17. The first-order chi connectivity index (χ1) is 10.9. The van der Waals surface area contributed by atoms with Gasteiger partial charge < -0.3 is 14.7 Å². The lowest BCUT2D eigenvalue weighted by Gasteiger charge is -2.27. The first-order valence-corrected chi connectivity index (χ1v) is 9.53. The molecule has 3 unspecified atom stereocenters. The Labute approximate surface area is 143 Å². The van der Waals surface area contributed by atoms with Gasteiger partial charge in [-0.05, 0) is 52.2 Å². The predicted octanol–water partition coefficient (Wildman–Crippen LogP) is 3.54. The van der Waals surface area contributed by atoms with Gasteiger partial charge in [0.1, 0.15) is 5.76 Å². The number of carbonyl (C=O) groups is 1. The van der Waals surface area contributed by atoms with Crippen LogP contribution in [0.5, 0.6) is 0 Å². The van der Waals surface area contributed by atoms with Gasteiger partial charge in [0.05, 0.1) is 5.69 Å². The van der Waals surface area contributed by atoms with Gasteiger partial charge >= 0.3 is 6.03 Å². The highest BCUT2D eigenvalue weighted by atomic mass is 32.2. The van der Waals surface area contributed by atoms with Crippen LogP contribution in [0.2, 0.25) is 0 Å². The Balaban J connectivity index is 1.84. The molecule has 1 aliphatic carbocycles. The van der Waals surface area contributed by atoms with Crippen molar-refractivity contribution in [3.05, 3.63) is 17.0 Å². The van der Waals surface area contributed by atoms with E-state index in [-0.39, 0.29) is 12.1 Å². The average Bonchev–Trinajstić information content (AvgIpc) is 3.09. The Morgan fingerprint density at radius 2 is 2.22 bits per heavy atom. The van der Waals surface area contributed by atoms with Crippen LogP contribution in [0, 0.1) is 13.8 Å². The molecule has 0 aliphatic heterocycles. The van der Waals surface area contributed by atoms with Crippen molar-refractivity contribution in [1.82, 2.24) is 15.4 Å². The maximum absolute atomic E-state index is 12.5. The van der Waals surface area contributed by atoms with Crippen LogP contribution in [0.3, 0.4) is 0 Å². The molecule has 1 fully saturated rings. The van der Waals surface area contributed by atoms with Crippen molar-refractivity contribution in [1.29, 1.82) is 0 Å². The fraction of sp³-hybridized carbons (Fsp3) is 0.765. The molecule has 1 aromatic rings. The van der Waals surface area contributed by atoms with Crippen LogP contribution >= 0.6 is 11.8 Å². The highest BCUT2D eigenvalue weighted by Gasteiger charge is 2.30. The standard InChI is InChI=1S/C17H29N3O2S/c1-6-23-15-8-7-14(10-15)20(5)17(21)18-11(2)9-16-12(3)19-22-13(16)4/h11,14-15H,6-10H2,1-5H3,(H,18,21). The molecule has 0 bridgehead atoms. The lowest BCUT2D eigenvalue weighted by atomic mass is 10.1. The van der Waals surface area contributed by atoms with Crippen LogP contribution in [0.25, 0.3) is 0 Å². The van der Waals surface area contributed by atoms with Gasteiger partial charge in [-0.25, -0.2) is 4.79 Å². The lowest BCUT2D eigenvalue weighted by molar-refractivity contribution is 0.187. The maximum atomic E-state index is 12.5. The molecule has 0 saturated heterocycles. The molecule has 1 heterocycles. The molecular formula is C17H29N3O2S. The van der Waals surface area contributed by atoms with Gasteiger partial charge in [-0.2, -0.15) is 11.8 Å². The quantitative estimate of drug-likeness (QED) is 0.861. The minimum Gasteiger partial charge on any atom is -0.361 e. The van der Waals surface area contributed by atoms with Crippen molar-refractivity contribution in [2.75, 3.05) is 12.8 Å². The molecule has 3 atom stereocenters. The number of hydrogen-bond acceptors (Lipinski definition) is 4. The zero-order valence-corrected chi connectivity index (χ0v) is 15.7. The molecule has 1 aliphatic rings. The largest absolute Gasteiger partial charge is 0.361 e. The molecule has 1 N–H and O–H groups in total. The van der Waals surface area contributed by atoms with E-state index >= 15 is 0 Å². The summed E-state index contributed by atoms with van der Waals surface area (Å²) in [4.78, 5) is 14.4. The second-order valence-electron chi connectivity index (χ2n) is 6.51. The first-order valence-electron chi connectivity index (χ1n) is 8.49. The summed E-state index contributed by atoms with van der Waals surface area (Å²) >= 11 is 2.02. The second-order valence-corrected chi connectivity index (χ2v) is 8.09. The topological polar surface area (TPSA) is 58.4 Å². The van der Waals surface area contributed by atoms with Gasteiger partial charge in [-0.15, -0.1) is 0 Å². The molecule has 1 saturated carbocycles. The van der Waals surface area contributed by atoms with Crippen LogP contribution in [-0.4, -0.2) is 46.2 Å². The molecule has 6 heteroatoms. The molecule has 1 aromatic heterocycles. The SMILES string of the molecule is CCSC1CCC(N(C)C(=O)NC(C)Cc2c(C)noc2C)C1. The fourth-order valence-corrected chi connectivity index (χ4v) is 4.42. The van der Waals surface area contributed by atoms with Gasteiger partial charge in [-0.1, -0.05) is 12.1 Å². The van der Waals surface area contributed by atoms with E-state index in [0.717, 1.165) is 42.0 Å². The maximum Gasteiger partial charge on any atom is 0.317 e. The molecule has 130 valence electrons. The van der Waals surface area contributed by atoms with Crippen molar-refractivity contribution < 1.29 is 9.32 Å². The van der Waals surface area contributed by atoms with Crippen LogP contribution in [-0.2, 0) is 6.42 Å². The van der Waals surface area contributed by atoms with Gasteiger partial charge in [0.2, 0.25) is 0 Å². The molecule has 5 nitrogen and oxygen atoms in total. The summed E-state index contributed by atoms with van der Waals surface area (Å²) in [5.74, 6) is 1.99. The summed E-state index contributed by atoms with van der Waals surface area (Å²) in [5.41, 5.74) is 2.01. The predicted molar refractivity (Wildman–Crippen MR) is 95.0 cm³/mol. The van der Waals surface area contributed by atoms with Gasteiger partial charge in [0.25, 0.3) is 0 Å². The van der Waals surface area contributed by atoms with Crippen LogP contribution in [0.4, 0.5) is 4.79 Å². The Bertz CT molecular complexity index is 512. The van der Waals surface area contributed by atoms with E-state index in [1.807, 2.05) is 44.5 Å². The van der Waals surface area contributed by atoms with E-state index in [1.165, 1.54) is 6.42 Å². The fourth-order valence-electron chi connectivity index (χ4n) is 3.29. The average molecular weight is 340 g/mol. The lowest BCUT2D eigenvalue weighted by Crippen LogP contribution is -2.46. The monoisotopic (exact) mass is 339 g/mol. The smallest absolute Gasteiger partial charge is 0.317 e. The number of hydrogen-bond donors (Lipinski definition) is 1. The minimum absolute atomic E-state index is 0.0245. The number of aromatic nitrogens is 1. The summed E-state index contributed by atoms with van der Waals surface area (Å²) in [6.07, 6.45) is 4.19. The van der Waals surface area contributed by atoms with Crippen molar-refractivity contribution >= 4 is 17.8 Å². The van der Waals surface area contributed by atoms with E-state index in [9.17, 15) is 4.79 Å². The molecule has 0 aromatic carbocycles. The summed E-state index contributed by atoms with van der Waals surface area (Å²) < 4.78 is 5.19. The van der Waals surface area contributed by atoms with Gasteiger partial charge in [0.15, 0.2) is 0 Å². The van der Waals surface area contributed by atoms with Crippen molar-refractivity contribution in [2.45, 2.75) is 70.7 Å². The zero-order chi connectivity index (χ0) is 17.0. The van der Waals surface area contributed by atoms with Crippen LogP contribution in [0.1, 0.15) is 50.1 Å². The number of amides is 2. The van der Waals surface area contributed by atoms with E-state index < -0.39 is 0 Å². The molecule has 23 heavy (non-hydrogen) atoms. The van der Waals surface area contributed by atoms with Gasteiger partial charge in [0, 0.05) is 29.9 Å². The molecule has 0 radical (unpaired) electrons. The molecule has 0 spiro atoms. The summed E-state index contributed by atoms with van der Waals surface area (Å²) in [7, 11) is 1.92. The summed E-state index contributed by atoms with van der Waals surface area (Å²) in [5, 5.41) is 7.79. The third-order valence-electron chi connectivity index (χ3n) is 4.69. The minimum atomic E-state index is 0.0245. The van der Waals surface area contributed by atoms with Crippen LogP contribution in [0.15, 0.2) is 4.52 Å². The van der Waals surface area contributed by atoms with Crippen molar-refractivity contribution in [2.24, 2.45) is 0 Å². The Kier molecular flexibility index (Phi) is 6.39. The number of aryl methyl sites for hydroxylation is 2. The number of urea groups is 1. The number of nitrogens with zero attached hydrogens (tertiary/aromatic N) is 2. The highest BCUT2D eigenvalue weighted by molar-refractivity contribution is 7.99. The molecular weight excluding hydrogens is 310 g/mol. The van der Waals surface area contributed by atoms with Crippen molar-refractivity contribution in [3.63, 3.8) is 0 Å². The second kappa shape index (κ2) is 8.08. The first kappa shape index (κ1) is 18.2. The molecule has 2 amide bonds. The van der Waals surface area contributed by atoms with Crippen LogP contribution < -0.4 is 5.32 Å². The normalized spacial score (nSPS) is 22.1. The number of thioether (sulfide) groups is 1. The summed E-state index contributed by atoms with van der Waals surface area (Å²) in [6.45, 7) is 8.09. The van der Waals surface area contributed by atoms with Crippen molar-refractivity contribution in [3.8, 4) is 0 Å². The summed E-state index contributed by atoms with van der Waals surface area (Å²) in [6, 6.07) is 0.450. The third kappa shape index (κ3) is 4.66. The number of nitrogens with one attached hydrogen (secondary N) is 1. The van der Waals surface area contributed by atoms with Gasteiger partial charge in [-0.3, -0.25) is 0 Å².